The first kappa shape index (κ1) is 14.4. The van der Waals surface area contributed by atoms with Crippen LogP contribution in [0.2, 0.25) is 0 Å². The third kappa shape index (κ3) is 2.63. The van der Waals surface area contributed by atoms with Crippen LogP contribution < -0.4 is 10.6 Å². The maximum atomic E-state index is 6.15. The summed E-state index contributed by atoms with van der Waals surface area (Å²) >= 11 is 0. The van der Waals surface area contributed by atoms with Crippen LogP contribution in [-0.4, -0.2) is 33.7 Å². The highest BCUT2D eigenvalue weighted by Gasteiger charge is 2.39. The minimum Gasteiger partial charge on any atom is -0.366 e. The maximum Gasteiger partial charge on any atom is 0.152 e. The summed E-state index contributed by atoms with van der Waals surface area (Å²) in [5.41, 5.74) is 7.57. The quantitative estimate of drug-likeness (QED) is 0.920. The molecule has 0 saturated carbocycles. The number of rotatable bonds is 2. The van der Waals surface area contributed by atoms with E-state index in [1.54, 1.807) is 0 Å². The van der Waals surface area contributed by atoms with Crippen molar-refractivity contribution in [1.29, 1.82) is 0 Å². The van der Waals surface area contributed by atoms with E-state index in [4.69, 9.17) is 15.5 Å². The van der Waals surface area contributed by atoms with Gasteiger partial charge in [-0.1, -0.05) is 6.07 Å². The van der Waals surface area contributed by atoms with Crippen LogP contribution >= 0.6 is 0 Å². The molecule has 2 aromatic rings. The lowest BCUT2D eigenvalue weighted by Crippen LogP contribution is -2.57. The van der Waals surface area contributed by atoms with E-state index < -0.39 is 0 Å². The van der Waals surface area contributed by atoms with Gasteiger partial charge in [0.2, 0.25) is 0 Å². The number of hydrogen-bond donors (Lipinski definition) is 1. The van der Waals surface area contributed by atoms with Gasteiger partial charge in [-0.15, -0.1) is 0 Å². The Labute approximate surface area is 125 Å². The zero-order chi connectivity index (χ0) is 15.3. The number of morpholine rings is 1. The van der Waals surface area contributed by atoms with E-state index >= 15 is 0 Å². The van der Waals surface area contributed by atoms with E-state index in [0.29, 0.717) is 6.54 Å². The van der Waals surface area contributed by atoms with Gasteiger partial charge in [0.1, 0.15) is 5.65 Å². The van der Waals surface area contributed by atoms with Crippen LogP contribution in [0.1, 0.15) is 33.4 Å². The van der Waals surface area contributed by atoms with E-state index in [1.807, 2.05) is 24.4 Å². The second-order valence-corrected chi connectivity index (χ2v) is 6.99. The molecule has 1 aliphatic rings. The topological polar surface area (TPSA) is 55.8 Å². The predicted octanol–water partition coefficient (Wildman–Crippen LogP) is 2.19. The highest BCUT2D eigenvalue weighted by atomic mass is 16.5. The first-order valence-electron chi connectivity index (χ1n) is 7.42. The second-order valence-electron chi connectivity index (χ2n) is 6.99. The number of pyridine rings is 1. The van der Waals surface area contributed by atoms with E-state index in [-0.39, 0.29) is 11.2 Å². The minimum absolute atomic E-state index is 0.205. The SMILES string of the molecule is CC1(C)CN(c2nc3ccccn3c2CN)CC(C)(C)O1. The van der Waals surface area contributed by atoms with Crippen molar-refractivity contribution >= 4 is 11.5 Å². The van der Waals surface area contributed by atoms with Gasteiger partial charge in [0.25, 0.3) is 0 Å². The fraction of sp³-hybridized carbons (Fsp3) is 0.562. The number of hydrogen-bond acceptors (Lipinski definition) is 4. The Morgan fingerprint density at radius 2 is 1.86 bits per heavy atom. The number of nitrogens with zero attached hydrogens (tertiary/aromatic N) is 3. The van der Waals surface area contributed by atoms with Gasteiger partial charge in [0.15, 0.2) is 5.82 Å². The van der Waals surface area contributed by atoms with E-state index in [2.05, 4.69) is 37.0 Å². The molecule has 1 aliphatic heterocycles. The summed E-state index contributed by atoms with van der Waals surface area (Å²) in [5, 5.41) is 0. The third-order valence-corrected chi connectivity index (χ3v) is 3.80. The molecule has 5 nitrogen and oxygen atoms in total. The molecular weight excluding hydrogens is 264 g/mol. The van der Waals surface area contributed by atoms with Crippen molar-refractivity contribution in [2.24, 2.45) is 5.73 Å². The first-order chi connectivity index (χ1) is 9.81. The molecule has 0 amide bonds. The monoisotopic (exact) mass is 288 g/mol. The lowest BCUT2D eigenvalue weighted by molar-refractivity contribution is -0.133. The van der Waals surface area contributed by atoms with Gasteiger partial charge in [-0.3, -0.25) is 0 Å². The number of aromatic nitrogens is 2. The molecule has 1 saturated heterocycles. The Hall–Kier alpha value is -1.59. The Bertz CT molecular complexity index is 643. The summed E-state index contributed by atoms with van der Waals surface area (Å²) in [5.74, 6) is 0.980. The van der Waals surface area contributed by atoms with Gasteiger partial charge in [0.05, 0.1) is 16.9 Å². The van der Waals surface area contributed by atoms with Gasteiger partial charge in [-0.05, 0) is 39.8 Å². The summed E-state index contributed by atoms with van der Waals surface area (Å²) in [4.78, 5) is 7.10. The normalized spacial score (nSPS) is 20.9. The van der Waals surface area contributed by atoms with Gasteiger partial charge < -0.3 is 19.8 Å². The zero-order valence-corrected chi connectivity index (χ0v) is 13.3. The Kier molecular flexibility index (Phi) is 3.22. The lowest BCUT2D eigenvalue weighted by atomic mass is 9.99. The molecule has 2 N–H and O–H groups in total. The summed E-state index contributed by atoms with van der Waals surface area (Å²) in [6, 6.07) is 6.02. The lowest BCUT2D eigenvalue weighted by Gasteiger charge is -2.47. The molecule has 3 rings (SSSR count). The van der Waals surface area contributed by atoms with Crippen molar-refractivity contribution in [2.45, 2.75) is 45.4 Å². The van der Waals surface area contributed by atoms with Crippen molar-refractivity contribution in [1.82, 2.24) is 9.38 Å². The molecule has 3 heterocycles. The van der Waals surface area contributed by atoms with E-state index in [9.17, 15) is 0 Å². The number of ether oxygens (including phenoxy) is 1. The molecule has 5 heteroatoms. The van der Waals surface area contributed by atoms with Gasteiger partial charge in [-0.25, -0.2) is 4.98 Å². The fourth-order valence-electron chi connectivity index (χ4n) is 3.41. The third-order valence-electron chi connectivity index (χ3n) is 3.80. The molecule has 1 fully saturated rings. The predicted molar refractivity (Wildman–Crippen MR) is 84.5 cm³/mol. The smallest absolute Gasteiger partial charge is 0.152 e. The standard InChI is InChI=1S/C16H24N4O/c1-15(2)10-19(11-16(3,4)21-15)14-12(9-17)20-8-6-5-7-13(20)18-14/h5-8H,9-11,17H2,1-4H3. The summed E-state index contributed by atoms with van der Waals surface area (Å²) in [6.45, 7) is 10.6. The van der Waals surface area contributed by atoms with Crippen LogP contribution in [0.3, 0.4) is 0 Å². The van der Waals surface area contributed by atoms with Crippen LogP contribution in [0, 0.1) is 0 Å². The first-order valence-corrected chi connectivity index (χ1v) is 7.42. The molecule has 114 valence electrons. The Morgan fingerprint density at radius 3 is 2.48 bits per heavy atom. The molecule has 0 spiro atoms. The molecule has 0 bridgehead atoms. The molecule has 0 unspecified atom stereocenters. The van der Waals surface area contributed by atoms with Crippen LogP contribution in [0.15, 0.2) is 24.4 Å². The molecule has 21 heavy (non-hydrogen) atoms. The molecule has 0 aliphatic carbocycles. The minimum atomic E-state index is -0.205. The van der Waals surface area contributed by atoms with Gasteiger partial charge in [0, 0.05) is 25.8 Å². The molecular formula is C16H24N4O. The Morgan fingerprint density at radius 1 is 1.19 bits per heavy atom. The van der Waals surface area contributed by atoms with Crippen molar-refractivity contribution in [3.05, 3.63) is 30.1 Å². The van der Waals surface area contributed by atoms with Gasteiger partial charge in [-0.2, -0.15) is 0 Å². The van der Waals surface area contributed by atoms with Crippen molar-refractivity contribution in [2.75, 3.05) is 18.0 Å². The number of anilines is 1. The van der Waals surface area contributed by atoms with E-state index in [1.165, 1.54) is 0 Å². The average Bonchev–Trinajstić information content (AvgIpc) is 2.73. The zero-order valence-electron chi connectivity index (χ0n) is 13.3. The van der Waals surface area contributed by atoms with Crippen molar-refractivity contribution < 1.29 is 4.74 Å². The summed E-state index contributed by atoms with van der Waals surface area (Å²) in [6.07, 6.45) is 2.02. The Balaban J connectivity index is 2.07. The fourth-order valence-corrected chi connectivity index (χ4v) is 3.41. The van der Waals surface area contributed by atoms with E-state index in [0.717, 1.165) is 30.2 Å². The van der Waals surface area contributed by atoms with Crippen LogP contribution in [0.4, 0.5) is 5.82 Å². The summed E-state index contributed by atoms with van der Waals surface area (Å²) in [7, 11) is 0. The number of nitrogens with two attached hydrogens (primary N) is 1. The average molecular weight is 288 g/mol. The number of fused-ring (bicyclic) bond motifs is 1. The van der Waals surface area contributed by atoms with Gasteiger partial charge >= 0.3 is 0 Å². The number of imidazole rings is 1. The molecule has 0 radical (unpaired) electrons. The molecule has 0 aromatic carbocycles. The highest BCUT2D eigenvalue weighted by molar-refractivity contribution is 5.56. The van der Waals surface area contributed by atoms with Crippen LogP contribution in [0.25, 0.3) is 5.65 Å². The summed E-state index contributed by atoms with van der Waals surface area (Å²) < 4.78 is 8.23. The maximum absolute atomic E-state index is 6.15. The van der Waals surface area contributed by atoms with Crippen LogP contribution in [0.5, 0.6) is 0 Å². The van der Waals surface area contributed by atoms with Crippen LogP contribution in [-0.2, 0) is 11.3 Å². The highest BCUT2D eigenvalue weighted by Crippen LogP contribution is 2.32. The molecule has 2 aromatic heterocycles. The van der Waals surface area contributed by atoms with Crippen molar-refractivity contribution in [3.8, 4) is 0 Å². The van der Waals surface area contributed by atoms with Crippen molar-refractivity contribution in [3.63, 3.8) is 0 Å². The second kappa shape index (κ2) is 4.71. The molecule has 0 atom stereocenters. The largest absolute Gasteiger partial charge is 0.366 e.